The summed E-state index contributed by atoms with van der Waals surface area (Å²) in [7, 11) is -16.2. The molecule has 0 rings (SSSR count). The normalized spacial score (nSPS) is 9.45. The fourth-order valence-corrected chi connectivity index (χ4v) is 2.82. The minimum Gasteiger partial charge on any atom is -1.00 e. The van der Waals surface area contributed by atoms with E-state index >= 15 is 0 Å². The van der Waals surface area contributed by atoms with E-state index in [1.807, 2.05) is 0 Å². The van der Waals surface area contributed by atoms with Crippen molar-refractivity contribution in [2.75, 3.05) is 0 Å². The van der Waals surface area contributed by atoms with Crippen LogP contribution in [-0.2, 0) is 90.6 Å². The molecule has 0 heterocycles. The molecule has 0 saturated heterocycles. The summed E-state index contributed by atoms with van der Waals surface area (Å²) in [6.07, 6.45) is 0. The van der Waals surface area contributed by atoms with Gasteiger partial charge in [0.25, 0.3) is 0 Å². The van der Waals surface area contributed by atoms with Crippen LogP contribution in [0.1, 0.15) is 4.28 Å². The summed E-state index contributed by atoms with van der Waals surface area (Å²) >= 11 is 0. The van der Waals surface area contributed by atoms with Gasteiger partial charge in [0.2, 0.25) is 0 Å². The Balaban J connectivity index is -0.0000000160. The fraction of sp³-hybridized carbons (Fsp3) is 0. The summed E-state index contributed by atoms with van der Waals surface area (Å²) in [5.74, 6) is 0. The molecule has 0 aromatic heterocycles. The summed E-state index contributed by atoms with van der Waals surface area (Å²) in [6.45, 7) is 0. The maximum absolute atomic E-state index is 10.4. The Bertz CT molecular complexity index is 315. The Hall–Kier alpha value is 4.28. The molecular formula is H8Fe2Li3Mn2O10P3. The standard InChI is InChI=1S/2Fe.3Li.2Mn.H5O10P3.3H/c;;;;;;;1-11(2,3)9-13(7,8)10-12(4,5)6;;;/h;;;;;;;(H,7,8)(H2,1,2,3)(H2,4,5,6);;;/q;;3*+1;;;;3*-1. The number of hydrogen-bond acceptors (Lipinski definition) is 5. The molecule has 0 aliphatic rings. The van der Waals surface area contributed by atoms with Crippen molar-refractivity contribution >= 4 is 23.5 Å². The molecule has 0 aliphatic carbocycles. The Morgan fingerprint density at radius 2 is 0.800 bits per heavy atom. The molecule has 10 nitrogen and oxygen atoms in total. The van der Waals surface area contributed by atoms with Crippen LogP contribution in [0.5, 0.6) is 0 Å². The van der Waals surface area contributed by atoms with Crippen molar-refractivity contribution in [3.05, 3.63) is 0 Å². The minimum atomic E-state index is -5.46. The van der Waals surface area contributed by atoms with Crippen LogP contribution in [0.15, 0.2) is 0 Å². The van der Waals surface area contributed by atoms with Gasteiger partial charge in [0.1, 0.15) is 0 Å². The molecule has 2 radical (unpaired) electrons. The van der Waals surface area contributed by atoms with E-state index < -0.39 is 23.5 Å². The zero-order valence-corrected chi connectivity index (χ0v) is 17.3. The summed E-state index contributed by atoms with van der Waals surface area (Å²) < 4.78 is 36.4. The average molecular weight is 503 g/mol. The van der Waals surface area contributed by atoms with Crippen molar-refractivity contribution < 1.29 is 176 Å². The molecule has 20 heavy (non-hydrogen) atoms. The van der Waals surface area contributed by atoms with Crippen LogP contribution in [0.2, 0.25) is 0 Å². The molecule has 0 atom stereocenters. The Kier molecular flexibility index (Phi) is 48.7. The van der Waals surface area contributed by atoms with Crippen LogP contribution < -0.4 is 56.6 Å². The number of rotatable bonds is 4. The topological polar surface area (TPSA) is 171 Å². The zero-order valence-electron chi connectivity index (χ0n) is 13.1. The molecule has 20 heteroatoms. The first-order valence-corrected chi connectivity index (χ1v) is 6.83. The maximum Gasteiger partial charge on any atom is 1.00 e. The smallest absolute Gasteiger partial charge is 1.00 e. The van der Waals surface area contributed by atoms with Crippen molar-refractivity contribution in [3.63, 3.8) is 0 Å². The van der Waals surface area contributed by atoms with Crippen LogP contribution >= 0.6 is 23.5 Å². The van der Waals surface area contributed by atoms with E-state index in [1.165, 1.54) is 0 Å². The predicted octanol–water partition coefficient (Wildman–Crippen LogP) is -9.36. The number of phosphoric acid groups is 3. The summed E-state index contributed by atoms with van der Waals surface area (Å²) in [5, 5.41) is 0. The molecule has 0 spiro atoms. The molecule has 0 saturated carbocycles. The molecule has 5 N–H and O–H groups in total. The first-order chi connectivity index (χ1) is 5.41. The van der Waals surface area contributed by atoms with Gasteiger partial charge in [-0.1, -0.05) is 0 Å². The van der Waals surface area contributed by atoms with E-state index in [4.69, 9.17) is 24.5 Å². The first-order valence-electron chi connectivity index (χ1n) is 2.28. The molecule has 0 aromatic carbocycles. The van der Waals surface area contributed by atoms with Gasteiger partial charge in [-0.15, -0.1) is 0 Å². The second kappa shape index (κ2) is 19.6. The predicted molar refractivity (Wildman–Crippen MR) is 39.4 cm³/mol. The summed E-state index contributed by atoms with van der Waals surface area (Å²) in [5.41, 5.74) is 0. The van der Waals surface area contributed by atoms with Crippen LogP contribution in [0.3, 0.4) is 0 Å². The molecule has 0 aromatic rings. The van der Waals surface area contributed by atoms with Gasteiger partial charge in [-0.3, -0.25) is 0 Å². The third-order valence-corrected chi connectivity index (χ3v) is 3.77. The van der Waals surface area contributed by atoms with Crippen LogP contribution in [0, 0.1) is 0 Å². The second-order valence-corrected chi connectivity index (χ2v) is 5.82. The summed E-state index contributed by atoms with van der Waals surface area (Å²) in [6, 6.07) is 0. The van der Waals surface area contributed by atoms with Gasteiger partial charge in [0, 0.05) is 68.3 Å². The number of hydrogen-bond donors (Lipinski definition) is 5. The van der Waals surface area contributed by atoms with Crippen LogP contribution in [-0.4, -0.2) is 24.5 Å². The molecule has 0 amide bonds. The molecule has 0 bridgehead atoms. The molecular weight excluding hydrogens is 495 g/mol. The fourth-order valence-electron chi connectivity index (χ4n) is 0.284. The van der Waals surface area contributed by atoms with E-state index in [2.05, 4.69) is 8.62 Å². The third kappa shape index (κ3) is 38.1. The zero-order chi connectivity index (χ0) is 10.9. The second-order valence-electron chi connectivity index (χ2n) is 1.61. The monoisotopic (exact) mass is 504 g/mol. The van der Waals surface area contributed by atoms with Crippen LogP contribution in [0.25, 0.3) is 0 Å². The first kappa shape index (κ1) is 49.6. The van der Waals surface area contributed by atoms with Gasteiger partial charge in [0.15, 0.2) is 0 Å². The Morgan fingerprint density at radius 3 is 0.900 bits per heavy atom. The van der Waals surface area contributed by atoms with E-state index in [-0.39, 0.29) is 129 Å². The van der Waals surface area contributed by atoms with Crippen molar-refractivity contribution in [2.45, 2.75) is 0 Å². The summed E-state index contributed by atoms with van der Waals surface area (Å²) in [4.78, 5) is 40.2. The average Bonchev–Trinajstić information content (AvgIpc) is 1.43. The Labute approximate surface area is 197 Å². The molecule has 0 fully saturated rings. The molecule has 0 unspecified atom stereocenters. The molecule has 0 aliphatic heterocycles. The van der Waals surface area contributed by atoms with E-state index in [1.54, 1.807) is 0 Å². The van der Waals surface area contributed by atoms with E-state index in [9.17, 15) is 13.7 Å². The molecule has 116 valence electrons. The van der Waals surface area contributed by atoms with Gasteiger partial charge in [-0.25, -0.2) is 13.7 Å². The largest absolute Gasteiger partial charge is 1.00 e. The van der Waals surface area contributed by atoms with E-state index in [0.717, 1.165) is 0 Å². The quantitative estimate of drug-likeness (QED) is 0.183. The van der Waals surface area contributed by atoms with Gasteiger partial charge in [-0.2, -0.15) is 8.62 Å². The van der Waals surface area contributed by atoms with Gasteiger partial charge < -0.3 is 28.7 Å². The van der Waals surface area contributed by atoms with Gasteiger partial charge in [-0.05, 0) is 0 Å². The van der Waals surface area contributed by atoms with Crippen molar-refractivity contribution in [1.29, 1.82) is 0 Å². The minimum absolute atomic E-state index is 0. The SMILES string of the molecule is O=P(O)(O)OP(=O)(O)OP(=O)(O)O.[Fe].[Fe].[H-].[H-].[H-].[Li+].[Li+].[Li+].[Mn].[Mn]. The third-order valence-electron chi connectivity index (χ3n) is 0.419. The Morgan fingerprint density at radius 1 is 0.650 bits per heavy atom. The van der Waals surface area contributed by atoms with E-state index in [0.29, 0.717) is 0 Å². The van der Waals surface area contributed by atoms with Gasteiger partial charge >= 0.3 is 80.0 Å². The van der Waals surface area contributed by atoms with Crippen molar-refractivity contribution in [2.24, 2.45) is 0 Å². The van der Waals surface area contributed by atoms with Crippen molar-refractivity contribution in [1.82, 2.24) is 0 Å². The van der Waals surface area contributed by atoms with Crippen molar-refractivity contribution in [3.8, 4) is 0 Å². The van der Waals surface area contributed by atoms with Gasteiger partial charge in [0.05, 0.1) is 0 Å². The van der Waals surface area contributed by atoms with Crippen LogP contribution in [0.4, 0.5) is 0 Å². The maximum atomic E-state index is 10.4.